The normalized spacial score (nSPS) is 13.5. The van der Waals surface area contributed by atoms with E-state index >= 15 is 0 Å². The van der Waals surface area contributed by atoms with Gasteiger partial charge in [-0.15, -0.1) is 23.7 Å². The van der Waals surface area contributed by atoms with Crippen LogP contribution in [0.4, 0.5) is 10.1 Å². The highest BCUT2D eigenvalue weighted by Gasteiger charge is 2.21. The minimum absolute atomic E-state index is 0. The Morgan fingerprint density at radius 1 is 1.41 bits per heavy atom. The van der Waals surface area contributed by atoms with E-state index in [0.29, 0.717) is 23.4 Å². The van der Waals surface area contributed by atoms with E-state index in [2.05, 4.69) is 29.6 Å². The van der Waals surface area contributed by atoms with Crippen LogP contribution >= 0.6 is 23.7 Å². The quantitative estimate of drug-likeness (QED) is 0.682. The maximum Gasteiger partial charge on any atom is 0.265 e. The second-order valence-electron chi connectivity index (χ2n) is 6.94. The molecule has 3 aromatic rings. The Morgan fingerprint density at radius 2 is 2.19 bits per heavy atom. The molecule has 1 aliphatic heterocycles. The number of anilines is 1. The Morgan fingerprint density at radius 3 is 2.93 bits per heavy atom. The summed E-state index contributed by atoms with van der Waals surface area (Å²) >= 11 is 1.38. The Kier molecular flexibility index (Phi) is 5.55. The molecular weight excluding hydrogens is 387 g/mol. The van der Waals surface area contributed by atoms with Gasteiger partial charge in [0.2, 0.25) is 0 Å². The number of hydrogen-bond acceptors (Lipinski definition) is 4. The summed E-state index contributed by atoms with van der Waals surface area (Å²) in [5.41, 5.74) is 2.88. The van der Waals surface area contributed by atoms with Gasteiger partial charge in [0, 0.05) is 19.0 Å². The van der Waals surface area contributed by atoms with Crippen molar-refractivity contribution in [3.05, 3.63) is 45.7 Å². The molecule has 3 heterocycles. The van der Waals surface area contributed by atoms with E-state index in [0.717, 1.165) is 28.0 Å². The molecule has 0 unspecified atom stereocenters. The number of nitrogens with zero attached hydrogens (tertiary/aromatic N) is 2. The highest BCUT2D eigenvalue weighted by molar-refractivity contribution is 7.20. The Hall–Kier alpha value is -1.96. The number of carbonyl (C=O) groups is 1. The van der Waals surface area contributed by atoms with Gasteiger partial charge in [-0.25, -0.2) is 4.39 Å². The summed E-state index contributed by atoms with van der Waals surface area (Å²) in [5.74, 6) is -0.326. The lowest BCUT2D eigenvalue weighted by Crippen LogP contribution is -2.25. The van der Waals surface area contributed by atoms with E-state index < -0.39 is 0 Å². The molecule has 0 atom stereocenters. The number of aryl methyl sites for hydroxylation is 1. The third-order valence-electron chi connectivity index (χ3n) is 4.77. The first-order chi connectivity index (χ1) is 12.5. The van der Waals surface area contributed by atoms with Crippen molar-refractivity contribution in [2.75, 3.05) is 11.9 Å². The van der Waals surface area contributed by atoms with E-state index in [4.69, 9.17) is 0 Å². The summed E-state index contributed by atoms with van der Waals surface area (Å²) < 4.78 is 16.6. The fraction of sp³-hybridized carbons (Fsp3) is 0.368. The van der Waals surface area contributed by atoms with Gasteiger partial charge in [-0.05, 0) is 42.1 Å². The van der Waals surface area contributed by atoms with Gasteiger partial charge in [0.15, 0.2) is 0 Å². The summed E-state index contributed by atoms with van der Waals surface area (Å²) in [6.07, 6.45) is 0.636. The number of carbonyl (C=O) groups excluding carboxylic acids is 1. The third kappa shape index (κ3) is 3.47. The number of fused-ring (bicyclic) bond motifs is 2. The maximum absolute atomic E-state index is 14.8. The highest BCUT2D eigenvalue weighted by Crippen LogP contribution is 2.32. The molecule has 0 spiro atoms. The average molecular weight is 409 g/mol. The van der Waals surface area contributed by atoms with Crippen molar-refractivity contribution >= 4 is 45.6 Å². The van der Waals surface area contributed by atoms with Crippen molar-refractivity contribution in [1.29, 1.82) is 0 Å². The standard InChI is InChI=1S/C19H21FN4OS.ClH/c1-10(2)17-13-8-15(26-19(13)24(3)23-17)18(25)22-14-5-4-11-9-21-7-6-12(11)16(14)20;/h4-5,8,10,21H,6-7,9H2,1-3H3,(H,22,25);1H. The second kappa shape index (κ2) is 7.58. The van der Waals surface area contributed by atoms with Crippen molar-refractivity contribution in [2.24, 2.45) is 7.05 Å². The lowest BCUT2D eigenvalue weighted by molar-refractivity contribution is 0.103. The minimum Gasteiger partial charge on any atom is -0.319 e. The predicted octanol–water partition coefficient (Wildman–Crippen LogP) is 4.22. The van der Waals surface area contributed by atoms with Crippen LogP contribution in [0.2, 0.25) is 0 Å². The van der Waals surface area contributed by atoms with Crippen LogP contribution in [0, 0.1) is 5.82 Å². The summed E-state index contributed by atoms with van der Waals surface area (Å²) in [5, 5.41) is 11.5. The number of hydrogen-bond donors (Lipinski definition) is 2. The fourth-order valence-corrected chi connectivity index (χ4v) is 4.39. The first-order valence-corrected chi connectivity index (χ1v) is 9.56. The van der Waals surface area contributed by atoms with E-state index in [9.17, 15) is 9.18 Å². The predicted molar refractivity (Wildman–Crippen MR) is 110 cm³/mol. The largest absolute Gasteiger partial charge is 0.319 e. The maximum atomic E-state index is 14.8. The minimum atomic E-state index is -0.317. The summed E-state index contributed by atoms with van der Waals surface area (Å²) in [6.45, 7) is 5.58. The van der Waals surface area contributed by atoms with Crippen molar-refractivity contribution in [3.8, 4) is 0 Å². The molecule has 1 aliphatic rings. The lowest BCUT2D eigenvalue weighted by atomic mass is 9.99. The van der Waals surface area contributed by atoms with Crippen LogP contribution in [0.1, 0.15) is 46.3 Å². The van der Waals surface area contributed by atoms with Crippen LogP contribution < -0.4 is 10.6 Å². The molecule has 0 bridgehead atoms. The summed E-state index contributed by atoms with van der Waals surface area (Å²) in [7, 11) is 1.88. The molecule has 8 heteroatoms. The molecular formula is C19H22ClFN4OS. The first kappa shape index (κ1) is 19.8. The number of halogens is 2. The number of thiophene rings is 1. The van der Waals surface area contributed by atoms with Crippen molar-refractivity contribution in [3.63, 3.8) is 0 Å². The molecule has 2 aromatic heterocycles. The Bertz CT molecular complexity index is 1010. The molecule has 0 saturated carbocycles. The molecule has 0 fully saturated rings. The van der Waals surface area contributed by atoms with Crippen LogP contribution in [0.3, 0.4) is 0 Å². The number of aromatic nitrogens is 2. The second-order valence-corrected chi connectivity index (χ2v) is 7.97. The van der Waals surface area contributed by atoms with Crippen LogP contribution in [-0.4, -0.2) is 22.2 Å². The van der Waals surface area contributed by atoms with Crippen LogP contribution in [-0.2, 0) is 20.0 Å². The van der Waals surface area contributed by atoms with Gasteiger partial charge < -0.3 is 10.6 Å². The molecule has 0 saturated heterocycles. The Balaban J connectivity index is 0.00000210. The van der Waals surface area contributed by atoms with Gasteiger partial charge in [0.1, 0.15) is 10.6 Å². The Labute approximate surface area is 167 Å². The average Bonchev–Trinajstić information content (AvgIpc) is 3.18. The molecule has 1 aromatic carbocycles. The fourth-order valence-electron chi connectivity index (χ4n) is 3.42. The molecule has 4 rings (SSSR count). The highest BCUT2D eigenvalue weighted by atomic mass is 35.5. The molecule has 5 nitrogen and oxygen atoms in total. The molecule has 0 aliphatic carbocycles. The van der Waals surface area contributed by atoms with Gasteiger partial charge in [-0.2, -0.15) is 5.10 Å². The van der Waals surface area contributed by atoms with Gasteiger partial charge in [-0.1, -0.05) is 19.9 Å². The monoisotopic (exact) mass is 408 g/mol. The topological polar surface area (TPSA) is 59.0 Å². The van der Waals surface area contributed by atoms with E-state index in [-0.39, 0.29) is 35.7 Å². The summed E-state index contributed by atoms with van der Waals surface area (Å²) in [6, 6.07) is 5.39. The SMILES string of the molecule is CC(C)c1nn(C)c2sc(C(=O)Nc3ccc4c(c3F)CCNC4)cc12.Cl. The van der Waals surface area contributed by atoms with Crippen molar-refractivity contribution in [1.82, 2.24) is 15.1 Å². The van der Waals surface area contributed by atoms with E-state index in [1.54, 1.807) is 10.7 Å². The van der Waals surface area contributed by atoms with Gasteiger partial charge in [0.05, 0.1) is 16.3 Å². The van der Waals surface area contributed by atoms with Crippen LogP contribution in [0.25, 0.3) is 10.2 Å². The number of benzene rings is 1. The first-order valence-electron chi connectivity index (χ1n) is 8.74. The van der Waals surface area contributed by atoms with E-state index in [1.165, 1.54) is 11.3 Å². The molecule has 27 heavy (non-hydrogen) atoms. The number of nitrogens with one attached hydrogen (secondary N) is 2. The van der Waals surface area contributed by atoms with Crippen LogP contribution in [0.15, 0.2) is 18.2 Å². The van der Waals surface area contributed by atoms with Gasteiger partial charge in [0.25, 0.3) is 5.91 Å². The smallest absolute Gasteiger partial charge is 0.265 e. The zero-order valence-electron chi connectivity index (χ0n) is 15.4. The van der Waals surface area contributed by atoms with Gasteiger partial charge in [-0.3, -0.25) is 9.48 Å². The number of amides is 1. The van der Waals surface area contributed by atoms with E-state index in [1.807, 2.05) is 19.2 Å². The van der Waals surface area contributed by atoms with Crippen LogP contribution in [0.5, 0.6) is 0 Å². The van der Waals surface area contributed by atoms with Crippen molar-refractivity contribution < 1.29 is 9.18 Å². The number of rotatable bonds is 3. The molecule has 0 radical (unpaired) electrons. The zero-order chi connectivity index (χ0) is 18.4. The molecule has 144 valence electrons. The van der Waals surface area contributed by atoms with Crippen molar-refractivity contribution in [2.45, 2.75) is 32.7 Å². The zero-order valence-corrected chi connectivity index (χ0v) is 17.1. The molecule has 1 amide bonds. The molecule has 2 N–H and O–H groups in total. The van der Waals surface area contributed by atoms with Gasteiger partial charge >= 0.3 is 0 Å². The summed E-state index contributed by atoms with van der Waals surface area (Å²) in [4.78, 5) is 14.2. The lowest BCUT2D eigenvalue weighted by Gasteiger charge is -2.19. The third-order valence-corrected chi connectivity index (χ3v) is 5.97.